The van der Waals surface area contributed by atoms with Crippen LogP contribution in [-0.2, 0) is 0 Å². The van der Waals surface area contributed by atoms with Crippen molar-refractivity contribution >= 4 is 11.6 Å². The van der Waals surface area contributed by atoms with E-state index in [2.05, 4.69) is 5.16 Å². The number of carbonyl (C=O) groups excluding carboxylic acids is 2. The average Bonchev–Trinajstić information content (AvgIpc) is 3.00. The van der Waals surface area contributed by atoms with Crippen LogP contribution < -0.4 is 0 Å². The molecular weight excluding hydrogens is 330 g/mol. The zero-order chi connectivity index (χ0) is 18.8. The van der Waals surface area contributed by atoms with E-state index in [4.69, 9.17) is 4.52 Å². The summed E-state index contributed by atoms with van der Waals surface area (Å²) in [5, 5.41) is 14.1. The van der Waals surface area contributed by atoms with Crippen LogP contribution in [0.5, 0.6) is 5.75 Å². The van der Waals surface area contributed by atoms with Crippen LogP contribution in [-0.4, -0.2) is 21.8 Å². The topological polar surface area (TPSA) is 80.4 Å². The van der Waals surface area contributed by atoms with Gasteiger partial charge >= 0.3 is 0 Å². The number of hydrogen-bond donors (Lipinski definition) is 1. The lowest BCUT2D eigenvalue weighted by molar-refractivity contribution is 0.0892. The molecule has 0 radical (unpaired) electrons. The first-order valence-electron chi connectivity index (χ1n) is 8.26. The van der Waals surface area contributed by atoms with Gasteiger partial charge in [-0.15, -0.1) is 0 Å². The number of hydrogen-bond acceptors (Lipinski definition) is 5. The Labute approximate surface area is 151 Å². The summed E-state index contributed by atoms with van der Waals surface area (Å²) in [6.07, 6.45) is -0.363. The van der Waals surface area contributed by atoms with Crippen LogP contribution in [0.4, 0.5) is 0 Å². The molecule has 0 fully saturated rings. The Morgan fingerprint density at radius 3 is 2.42 bits per heavy atom. The SMILES string of the molecule is Cc1cc(C)c(O)c(C(=O)CC(=O)c2c(-c3ccccc3)noc2C)c1. The fraction of sp³-hybridized carbons (Fsp3) is 0.190. The third-order valence-corrected chi connectivity index (χ3v) is 4.26. The fourth-order valence-corrected chi connectivity index (χ4v) is 3.00. The first kappa shape index (κ1) is 17.6. The highest BCUT2D eigenvalue weighted by Gasteiger charge is 2.25. The maximum absolute atomic E-state index is 12.8. The van der Waals surface area contributed by atoms with Crippen LogP contribution in [0.15, 0.2) is 47.0 Å². The number of Topliss-reactive ketones (excluding diaryl/α,β-unsaturated/α-hetero) is 2. The summed E-state index contributed by atoms with van der Waals surface area (Å²) >= 11 is 0. The molecule has 0 aliphatic carbocycles. The maximum atomic E-state index is 12.8. The monoisotopic (exact) mass is 349 g/mol. The smallest absolute Gasteiger partial charge is 0.176 e. The number of phenols is 1. The Morgan fingerprint density at radius 2 is 1.73 bits per heavy atom. The molecule has 1 N–H and O–H groups in total. The van der Waals surface area contributed by atoms with E-state index in [9.17, 15) is 14.7 Å². The number of benzene rings is 2. The summed E-state index contributed by atoms with van der Waals surface area (Å²) in [4.78, 5) is 25.4. The highest BCUT2D eigenvalue weighted by molar-refractivity contribution is 6.16. The molecule has 1 aromatic heterocycles. The van der Waals surface area contributed by atoms with Crippen molar-refractivity contribution in [1.82, 2.24) is 5.16 Å². The quantitative estimate of drug-likeness (QED) is 0.544. The molecule has 5 heteroatoms. The Balaban J connectivity index is 1.93. The van der Waals surface area contributed by atoms with Gasteiger partial charge in [0.1, 0.15) is 17.2 Å². The van der Waals surface area contributed by atoms with E-state index in [1.807, 2.05) is 37.3 Å². The second kappa shape index (κ2) is 6.96. The molecule has 0 bridgehead atoms. The summed E-state index contributed by atoms with van der Waals surface area (Å²) < 4.78 is 5.19. The molecule has 132 valence electrons. The molecule has 3 aromatic rings. The van der Waals surface area contributed by atoms with Crippen LogP contribution in [0.25, 0.3) is 11.3 Å². The summed E-state index contributed by atoms with van der Waals surface area (Å²) in [5.74, 6) is -0.532. The summed E-state index contributed by atoms with van der Waals surface area (Å²) in [6.45, 7) is 5.20. The predicted molar refractivity (Wildman–Crippen MR) is 97.5 cm³/mol. The molecule has 3 rings (SSSR count). The number of ketones is 2. The van der Waals surface area contributed by atoms with Crippen LogP contribution >= 0.6 is 0 Å². The molecule has 26 heavy (non-hydrogen) atoms. The van der Waals surface area contributed by atoms with Gasteiger partial charge in [0, 0.05) is 5.56 Å². The standard InChI is InChI=1S/C21H19NO4/c1-12-9-13(2)21(25)16(10-12)17(23)11-18(24)19-14(3)26-22-20(19)15-7-5-4-6-8-15/h4-10,25H,11H2,1-3H3. The largest absolute Gasteiger partial charge is 0.507 e. The molecule has 5 nitrogen and oxygen atoms in total. The first-order chi connectivity index (χ1) is 12.4. The van der Waals surface area contributed by atoms with Crippen LogP contribution in [0, 0.1) is 20.8 Å². The van der Waals surface area contributed by atoms with Crippen molar-refractivity contribution in [3.05, 3.63) is 70.5 Å². The zero-order valence-electron chi connectivity index (χ0n) is 14.9. The third-order valence-electron chi connectivity index (χ3n) is 4.26. The number of nitrogens with zero attached hydrogens (tertiary/aromatic N) is 1. The normalized spacial score (nSPS) is 10.7. The lowest BCUT2D eigenvalue weighted by atomic mass is 9.95. The Kier molecular flexibility index (Phi) is 4.71. The number of aryl methyl sites for hydroxylation is 3. The van der Waals surface area contributed by atoms with Gasteiger partial charge in [-0.3, -0.25) is 9.59 Å². The van der Waals surface area contributed by atoms with Crippen molar-refractivity contribution in [2.24, 2.45) is 0 Å². The van der Waals surface area contributed by atoms with Crippen molar-refractivity contribution in [3.8, 4) is 17.0 Å². The molecule has 0 saturated heterocycles. The van der Waals surface area contributed by atoms with Crippen LogP contribution in [0.1, 0.15) is 44.0 Å². The Hall–Kier alpha value is -3.21. The van der Waals surface area contributed by atoms with E-state index in [0.29, 0.717) is 22.6 Å². The number of rotatable bonds is 5. The minimum absolute atomic E-state index is 0.0845. The molecule has 1 heterocycles. The van der Waals surface area contributed by atoms with Crippen LogP contribution in [0.2, 0.25) is 0 Å². The van der Waals surface area contributed by atoms with E-state index < -0.39 is 5.78 Å². The van der Waals surface area contributed by atoms with Gasteiger partial charge in [0.15, 0.2) is 11.6 Å². The fourth-order valence-electron chi connectivity index (χ4n) is 3.00. The van der Waals surface area contributed by atoms with Crippen LogP contribution in [0.3, 0.4) is 0 Å². The van der Waals surface area contributed by atoms with E-state index in [0.717, 1.165) is 11.1 Å². The lowest BCUT2D eigenvalue weighted by Gasteiger charge is -2.08. The number of carbonyl (C=O) groups is 2. The highest BCUT2D eigenvalue weighted by atomic mass is 16.5. The summed E-state index contributed by atoms with van der Waals surface area (Å²) in [7, 11) is 0. The van der Waals surface area contributed by atoms with Gasteiger partial charge in [-0.25, -0.2) is 0 Å². The van der Waals surface area contributed by atoms with Crippen molar-refractivity contribution in [2.45, 2.75) is 27.2 Å². The van der Waals surface area contributed by atoms with Crippen molar-refractivity contribution in [3.63, 3.8) is 0 Å². The minimum atomic E-state index is -0.432. The zero-order valence-corrected chi connectivity index (χ0v) is 14.9. The second-order valence-electron chi connectivity index (χ2n) is 6.33. The molecular formula is C21H19NO4. The number of phenolic OH excluding ortho intramolecular Hbond substituents is 1. The molecule has 0 spiro atoms. The van der Waals surface area contributed by atoms with E-state index in [1.54, 1.807) is 26.0 Å². The van der Waals surface area contributed by atoms with Gasteiger partial charge in [-0.2, -0.15) is 0 Å². The molecule has 0 aliphatic heterocycles. The van der Waals surface area contributed by atoms with Gasteiger partial charge in [-0.05, 0) is 38.0 Å². The Morgan fingerprint density at radius 1 is 1.04 bits per heavy atom. The molecule has 2 aromatic carbocycles. The predicted octanol–water partition coefficient (Wildman–Crippen LogP) is 4.43. The van der Waals surface area contributed by atoms with E-state index >= 15 is 0 Å². The first-order valence-corrected chi connectivity index (χ1v) is 8.26. The number of aromatic hydroxyl groups is 1. The van der Waals surface area contributed by atoms with Gasteiger partial charge in [0.05, 0.1) is 17.5 Å². The molecule has 0 unspecified atom stereocenters. The maximum Gasteiger partial charge on any atom is 0.176 e. The van der Waals surface area contributed by atoms with Gasteiger partial charge in [0.2, 0.25) is 0 Å². The summed E-state index contributed by atoms with van der Waals surface area (Å²) in [5.41, 5.74) is 3.08. The molecule has 0 amide bonds. The van der Waals surface area contributed by atoms with E-state index in [-0.39, 0.29) is 23.5 Å². The third kappa shape index (κ3) is 3.28. The highest BCUT2D eigenvalue weighted by Crippen LogP contribution is 2.29. The molecule has 0 saturated carbocycles. The van der Waals surface area contributed by atoms with Crippen molar-refractivity contribution in [1.29, 1.82) is 0 Å². The van der Waals surface area contributed by atoms with Crippen molar-refractivity contribution in [2.75, 3.05) is 0 Å². The van der Waals surface area contributed by atoms with Gasteiger partial charge in [-0.1, -0.05) is 41.6 Å². The second-order valence-corrected chi connectivity index (χ2v) is 6.33. The molecule has 0 aliphatic rings. The average molecular weight is 349 g/mol. The lowest BCUT2D eigenvalue weighted by Crippen LogP contribution is -2.11. The molecule has 0 atom stereocenters. The number of aromatic nitrogens is 1. The Bertz CT molecular complexity index is 987. The van der Waals surface area contributed by atoms with Gasteiger partial charge < -0.3 is 9.63 Å². The van der Waals surface area contributed by atoms with Crippen molar-refractivity contribution < 1.29 is 19.2 Å². The van der Waals surface area contributed by atoms with Gasteiger partial charge in [0.25, 0.3) is 0 Å². The minimum Gasteiger partial charge on any atom is -0.507 e. The van der Waals surface area contributed by atoms with E-state index in [1.165, 1.54) is 0 Å². The summed E-state index contributed by atoms with van der Waals surface area (Å²) in [6, 6.07) is 12.6.